The highest BCUT2D eigenvalue weighted by Gasteiger charge is 2.25. The molecule has 2 unspecified atom stereocenters. The van der Waals surface area contributed by atoms with Crippen LogP contribution in [0.1, 0.15) is 63.1 Å². The van der Waals surface area contributed by atoms with Gasteiger partial charge in [-0.25, -0.2) is 0 Å². The van der Waals surface area contributed by atoms with Gasteiger partial charge in [-0.1, -0.05) is 43.0 Å². The largest absolute Gasteiger partial charge is 0.376 e. The van der Waals surface area contributed by atoms with Gasteiger partial charge in [-0.15, -0.1) is 10.2 Å². The number of ether oxygens (including phenoxy) is 1. The molecule has 3 heterocycles. The van der Waals surface area contributed by atoms with Crippen molar-refractivity contribution in [3.05, 3.63) is 35.4 Å². The molecular weight excluding hydrogens is 422 g/mol. The van der Waals surface area contributed by atoms with Crippen LogP contribution in [0.2, 0.25) is 0 Å². The van der Waals surface area contributed by atoms with Gasteiger partial charge in [0, 0.05) is 19.7 Å². The number of rotatable bonds is 9. The zero-order valence-corrected chi connectivity index (χ0v) is 20.1. The Labute approximate surface area is 195 Å². The average Bonchev–Trinajstić information content (AvgIpc) is 3.49. The lowest BCUT2D eigenvalue weighted by atomic mass is 10.1. The molecule has 8 heteroatoms. The number of nitrogens with one attached hydrogen (secondary N) is 1. The van der Waals surface area contributed by atoms with E-state index in [1.165, 1.54) is 36.6 Å². The van der Waals surface area contributed by atoms with Crippen LogP contribution in [0, 0.1) is 0 Å². The summed E-state index contributed by atoms with van der Waals surface area (Å²) >= 11 is 1.46. The van der Waals surface area contributed by atoms with E-state index in [4.69, 9.17) is 4.74 Å². The lowest BCUT2D eigenvalue weighted by Gasteiger charge is -2.28. The van der Waals surface area contributed by atoms with Crippen LogP contribution in [0.5, 0.6) is 0 Å². The third-order valence-corrected chi connectivity index (χ3v) is 7.31. The second-order valence-corrected chi connectivity index (χ2v) is 9.69. The van der Waals surface area contributed by atoms with E-state index in [0.717, 1.165) is 62.2 Å². The van der Waals surface area contributed by atoms with Crippen molar-refractivity contribution >= 4 is 23.6 Å². The second-order valence-electron chi connectivity index (χ2n) is 8.75. The van der Waals surface area contributed by atoms with E-state index in [9.17, 15) is 4.79 Å². The van der Waals surface area contributed by atoms with Gasteiger partial charge in [-0.05, 0) is 56.6 Å². The molecule has 0 radical (unpaired) electrons. The van der Waals surface area contributed by atoms with Crippen molar-refractivity contribution in [2.24, 2.45) is 0 Å². The molecular formula is C24H35N5O2S. The number of carbonyl (C=O) groups is 1. The number of anilines is 1. The standard InChI is InChI=1S/C24H35N5O2S/c1-3-19-9-11-20(12-10-19)18(2)25-22(30)17-32-24-27-26-23(28-13-5-4-6-14-28)29(24)16-21-8-7-15-31-21/h9-12,18,21H,3-8,13-17H2,1-2H3,(H,25,30). The van der Waals surface area contributed by atoms with Crippen LogP contribution in [0.15, 0.2) is 29.4 Å². The first-order chi connectivity index (χ1) is 15.6. The number of carbonyl (C=O) groups excluding carboxylic acids is 1. The van der Waals surface area contributed by atoms with Crippen LogP contribution in [-0.2, 0) is 22.5 Å². The number of hydrogen-bond acceptors (Lipinski definition) is 6. The molecule has 7 nitrogen and oxygen atoms in total. The van der Waals surface area contributed by atoms with Gasteiger partial charge in [-0.3, -0.25) is 9.36 Å². The number of nitrogens with zero attached hydrogens (tertiary/aromatic N) is 4. The summed E-state index contributed by atoms with van der Waals surface area (Å²) in [6, 6.07) is 8.42. The number of aromatic nitrogens is 3. The second kappa shape index (κ2) is 11.2. The van der Waals surface area contributed by atoms with E-state index in [1.807, 2.05) is 6.92 Å². The highest BCUT2D eigenvalue weighted by Crippen LogP contribution is 2.27. The number of aryl methyl sites for hydroxylation is 1. The Bertz CT molecular complexity index is 873. The van der Waals surface area contributed by atoms with Crippen LogP contribution in [0.4, 0.5) is 5.95 Å². The fourth-order valence-corrected chi connectivity index (χ4v) is 5.16. The zero-order valence-electron chi connectivity index (χ0n) is 19.3. The zero-order chi connectivity index (χ0) is 22.3. The van der Waals surface area contributed by atoms with Gasteiger partial charge in [0.05, 0.1) is 24.4 Å². The highest BCUT2D eigenvalue weighted by molar-refractivity contribution is 7.99. The summed E-state index contributed by atoms with van der Waals surface area (Å²) in [5.41, 5.74) is 2.42. The van der Waals surface area contributed by atoms with E-state index in [0.29, 0.717) is 5.75 Å². The minimum absolute atomic E-state index is 0.00765. The molecule has 2 aliphatic rings. The summed E-state index contributed by atoms with van der Waals surface area (Å²) in [6.07, 6.45) is 7.05. The topological polar surface area (TPSA) is 72.3 Å². The summed E-state index contributed by atoms with van der Waals surface area (Å²) < 4.78 is 8.06. The van der Waals surface area contributed by atoms with Crippen molar-refractivity contribution in [3.8, 4) is 0 Å². The van der Waals surface area contributed by atoms with Crippen molar-refractivity contribution < 1.29 is 9.53 Å². The van der Waals surface area contributed by atoms with Crippen molar-refractivity contribution in [1.82, 2.24) is 20.1 Å². The molecule has 2 atom stereocenters. The van der Waals surface area contributed by atoms with Gasteiger partial charge in [0.1, 0.15) is 0 Å². The first kappa shape index (κ1) is 23.1. The molecule has 32 heavy (non-hydrogen) atoms. The Morgan fingerprint density at radius 2 is 1.97 bits per heavy atom. The lowest BCUT2D eigenvalue weighted by molar-refractivity contribution is -0.119. The van der Waals surface area contributed by atoms with Crippen molar-refractivity contribution in [3.63, 3.8) is 0 Å². The maximum absolute atomic E-state index is 12.7. The van der Waals surface area contributed by atoms with Crippen LogP contribution in [0.3, 0.4) is 0 Å². The Hall–Kier alpha value is -2.06. The number of thioether (sulfide) groups is 1. The molecule has 1 aromatic heterocycles. The molecule has 2 aliphatic heterocycles. The van der Waals surface area contributed by atoms with Gasteiger partial charge < -0.3 is 15.0 Å². The minimum Gasteiger partial charge on any atom is -0.376 e. The Morgan fingerprint density at radius 1 is 1.19 bits per heavy atom. The smallest absolute Gasteiger partial charge is 0.230 e. The highest BCUT2D eigenvalue weighted by atomic mass is 32.2. The molecule has 1 N–H and O–H groups in total. The van der Waals surface area contributed by atoms with Crippen LogP contribution in [0.25, 0.3) is 0 Å². The Balaban J connectivity index is 1.38. The van der Waals surface area contributed by atoms with Crippen molar-refractivity contribution in [2.45, 2.75) is 76.2 Å². The van der Waals surface area contributed by atoms with Gasteiger partial charge >= 0.3 is 0 Å². The molecule has 1 aromatic carbocycles. The maximum Gasteiger partial charge on any atom is 0.230 e. The van der Waals surface area contributed by atoms with Crippen LogP contribution >= 0.6 is 11.8 Å². The van der Waals surface area contributed by atoms with Crippen LogP contribution < -0.4 is 10.2 Å². The molecule has 0 aliphatic carbocycles. The van der Waals surface area contributed by atoms with Gasteiger partial charge in [0.15, 0.2) is 5.16 Å². The molecule has 2 aromatic rings. The summed E-state index contributed by atoms with van der Waals surface area (Å²) in [7, 11) is 0. The quantitative estimate of drug-likeness (QED) is 0.574. The van der Waals surface area contributed by atoms with E-state index < -0.39 is 0 Å². The number of benzene rings is 1. The molecule has 2 fully saturated rings. The fourth-order valence-electron chi connectivity index (χ4n) is 4.41. The molecule has 4 rings (SSSR count). The predicted octanol–water partition coefficient (Wildman–Crippen LogP) is 3.98. The van der Waals surface area contributed by atoms with E-state index in [2.05, 4.69) is 56.2 Å². The van der Waals surface area contributed by atoms with E-state index in [-0.39, 0.29) is 18.1 Å². The molecule has 0 saturated carbocycles. The molecule has 1 amide bonds. The summed E-state index contributed by atoms with van der Waals surface area (Å²) in [4.78, 5) is 15.0. The summed E-state index contributed by atoms with van der Waals surface area (Å²) in [5.74, 6) is 1.25. The number of piperidine rings is 1. The van der Waals surface area contributed by atoms with Gasteiger partial charge in [-0.2, -0.15) is 0 Å². The first-order valence-corrected chi connectivity index (χ1v) is 12.9. The minimum atomic E-state index is -0.0253. The number of amides is 1. The van der Waals surface area contributed by atoms with Crippen molar-refractivity contribution in [1.29, 1.82) is 0 Å². The average molecular weight is 458 g/mol. The molecule has 174 valence electrons. The third kappa shape index (κ3) is 5.84. The van der Waals surface area contributed by atoms with Gasteiger partial charge in [0.25, 0.3) is 0 Å². The maximum atomic E-state index is 12.7. The first-order valence-electron chi connectivity index (χ1n) is 11.9. The van der Waals surface area contributed by atoms with Gasteiger partial charge in [0.2, 0.25) is 11.9 Å². The van der Waals surface area contributed by atoms with Crippen LogP contribution in [-0.4, -0.2) is 52.2 Å². The number of hydrogen-bond donors (Lipinski definition) is 1. The normalized spacial score (nSPS) is 19.8. The summed E-state index contributed by atoms with van der Waals surface area (Å²) in [6.45, 7) is 7.78. The molecule has 2 saturated heterocycles. The monoisotopic (exact) mass is 457 g/mol. The Morgan fingerprint density at radius 3 is 2.66 bits per heavy atom. The lowest BCUT2D eigenvalue weighted by Crippen LogP contribution is -2.33. The molecule has 0 bridgehead atoms. The Kier molecular flexibility index (Phi) is 8.08. The van der Waals surface area contributed by atoms with E-state index >= 15 is 0 Å². The molecule has 0 spiro atoms. The third-order valence-electron chi connectivity index (χ3n) is 6.34. The van der Waals surface area contributed by atoms with E-state index in [1.54, 1.807) is 0 Å². The summed E-state index contributed by atoms with van der Waals surface area (Å²) in [5, 5.41) is 12.9. The fraction of sp³-hybridized carbons (Fsp3) is 0.625. The predicted molar refractivity (Wildman–Crippen MR) is 128 cm³/mol. The van der Waals surface area contributed by atoms with Crippen molar-refractivity contribution in [2.75, 3.05) is 30.3 Å². The SMILES string of the molecule is CCc1ccc(C(C)NC(=O)CSc2nnc(N3CCCCC3)n2CC2CCCO2)cc1.